The van der Waals surface area contributed by atoms with Crippen LogP contribution in [0.4, 0.5) is 5.82 Å². The summed E-state index contributed by atoms with van der Waals surface area (Å²) in [5, 5.41) is 6.85. The van der Waals surface area contributed by atoms with Crippen LogP contribution in [0.3, 0.4) is 0 Å². The van der Waals surface area contributed by atoms with Crippen LogP contribution in [0.25, 0.3) is 22.5 Å². The van der Waals surface area contributed by atoms with E-state index in [1.807, 2.05) is 30.3 Å². The third kappa shape index (κ3) is 1.93. The van der Waals surface area contributed by atoms with E-state index in [9.17, 15) is 0 Å². The van der Waals surface area contributed by atoms with Gasteiger partial charge in [0, 0.05) is 11.8 Å². The molecule has 0 saturated carbocycles. The third-order valence-electron chi connectivity index (χ3n) is 2.65. The molecule has 3 aromatic rings. The molecule has 2 heterocycles. The number of hydrogen-bond acceptors (Lipinski definition) is 4. The first kappa shape index (κ1) is 10.5. The molecule has 0 saturated heterocycles. The van der Waals surface area contributed by atoms with Crippen molar-refractivity contribution in [3.05, 3.63) is 48.9 Å². The van der Waals surface area contributed by atoms with Crippen molar-refractivity contribution >= 4 is 5.82 Å². The van der Waals surface area contributed by atoms with Crippen LogP contribution in [0.1, 0.15) is 0 Å². The number of anilines is 1. The molecule has 0 aliphatic carbocycles. The minimum Gasteiger partial charge on any atom is -0.382 e. The molecule has 0 amide bonds. The molecule has 5 nitrogen and oxygen atoms in total. The van der Waals surface area contributed by atoms with Crippen molar-refractivity contribution in [3.8, 4) is 22.5 Å². The van der Waals surface area contributed by atoms with Gasteiger partial charge in [-0.2, -0.15) is 5.10 Å². The summed E-state index contributed by atoms with van der Waals surface area (Å²) in [5.41, 5.74) is 9.43. The average Bonchev–Trinajstić information content (AvgIpc) is 2.93. The summed E-state index contributed by atoms with van der Waals surface area (Å²) in [7, 11) is 0. The molecule has 0 fully saturated rings. The average molecular weight is 237 g/mol. The lowest BCUT2D eigenvalue weighted by Gasteiger charge is -2.02. The van der Waals surface area contributed by atoms with Crippen LogP contribution in [0.2, 0.25) is 0 Å². The molecule has 5 heteroatoms. The lowest BCUT2D eigenvalue weighted by Crippen LogP contribution is -1.93. The Balaban J connectivity index is 1.96. The quantitative estimate of drug-likeness (QED) is 0.715. The number of aromatic amines is 1. The van der Waals surface area contributed by atoms with Crippen molar-refractivity contribution in [3.63, 3.8) is 0 Å². The fraction of sp³-hybridized carbons (Fsp3) is 0. The molecule has 0 unspecified atom stereocenters. The van der Waals surface area contributed by atoms with Crippen LogP contribution >= 0.6 is 0 Å². The zero-order valence-corrected chi connectivity index (χ0v) is 9.54. The summed E-state index contributed by atoms with van der Waals surface area (Å²) < 4.78 is 0. The van der Waals surface area contributed by atoms with E-state index in [1.54, 1.807) is 12.4 Å². The topological polar surface area (TPSA) is 80.5 Å². The highest BCUT2D eigenvalue weighted by atomic mass is 15.1. The maximum Gasteiger partial charge on any atom is 0.142 e. The van der Waals surface area contributed by atoms with E-state index in [1.165, 1.54) is 6.20 Å². The molecule has 0 atom stereocenters. The predicted octanol–water partition coefficient (Wildman–Crippen LogP) is 2.12. The summed E-state index contributed by atoms with van der Waals surface area (Å²) in [6, 6.07) is 9.91. The molecule has 3 N–H and O–H groups in total. The summed E-state index contributed by atoms with van der Waals surface area (Å²) in [6.45, 7) is 0. The Morgan fingerprint density at radius 3 is 2.39 bits per heavy atom. The Morgan fingerprint density at radius 1 is 0.944 bits per heavy atom. The van der Waals surface area contributed by atoms with Gasteiger partial charge in [0.2, 0.25) is 0 Å². The maximum absolute atomic E-state index is 5.62. The Labute approximate surface area is 104 Å². The van der Waals surface area contributed by atoms with E-state index in [0.717, 1.165) is 22.5 Å². The van der Waals surface area contributed by atoms with Crippen molar-refractivity contribution in [1.29, 1.82) is 0 Å². The summed E-state index contributed by atoms with van der Waals surface area (Å²) >= 11 is 0. The molecule has 3 rings (SSSR count). The monoisotopic (exact) mass is 237 g/mol. The lowest BCUT2D eigenvalue weighted by atomic mass is 10.1. The van der Waals surface area contributed by atoms with Crippen LogP contribution < -0.4 is 5.73 Å². The van der Waals surface area contributed by atoms with Crippen LogP contribution in [-0.4, -0.2) is 20.2 Å². The normalized spacial score (nSPS) is 10.4. The van der Waals surface area contributed by atoms with Gasteiger partial charge in [0.25, 0.3) is 0 Å². The Kier molecular flexibility index (Phi) is 2.49. The van der Waals surface area contributed by atoms with E-state index in [2.05, 4.69) is 20.2 Å². The van der Waals surface area contributed by atoms with Crippen LogP contribution in [0, 0.1) is 0 Å². The number of benzene rings is 1. The van der Waals surface area contributed by atoms with E-state index < -0.39 is 0 Å². The second-order valence-electron chi connectivity index (χ2n) is 3.88. The van der Waals surface area contributed by atoms with Crippen LogP contribution in [0.5, 0.6) is 0 Å². The van der Waals surface area contributed by atoms with Crippen molar-refractivity contribution < 1.29 is 0 Å². The molecule has 1 aromatic carbocycles. The molecule has 0 aliphatic rings. The van der Waals surface area contributed by atoms with Gasteiger partial charge in [0.1, 0.15) is 5.82 Å². The minimum atomic E-state index is 0.421. The summed E-state index contributed by atoms with van der Waals surface area (Å²) in [5.74, 6) is 0.421. The second kappa shape index (κ2) is 4.29. The number of nitrogen functional groups attached to an aromatic ring is 1. The molecule has 0 spiro atoms. The van der Waals surface area contributed by atoms with Gasteiger partial charge in [0.15, 0.2) is 0 Å². The first-order chi connectivity index (χ1) is 8.83. The molecule has 18 heavy (non-hydrogen) atoms. The van der Waals surface area contributed by atoms with Gasteiger partial charge in [-0.3, -0.25) is 10.1 Å². The molecule has 2 aromatic heterocycles. The Hall–Kier alpha value is -2.69. The van der Waals surface area contributed by atoms with Crippen molar-refractivity contribution in [2.75, 3.05) is 5.73 Å². The molecular weight excluding hydrogens is 226 g/mol. The van der Waals surface area contributed by atoms with Gasteiger partial charge in [0.05, 0.1) is 23.8 Å². The maximum atomic E-state index is 5.62. The van der Waals surface area contributed by atoms with E-state index >= 15 is 0 Å². The lowest BCUT2D eigenvalue weighted by molar-refractivity contribution is 1.10. The highest BCUT2D eigenvalue weighted by molar-refractivity contribution is 5.66. The van der Waals surface area contributed by atoms with E-state index in [0.29, 0.717) is 5.82 Å². The predicted molar refractivity (Wildman–Crippen MR) is 69.5 cm³/mol. The van der Waals surface area contributed by atoms with Gasteiger partial charge >= 0.3 is 0 Å². The first-order valence-corrected chi connectivity index (χ1v) is 5.50. The number of hydrogen-bond donors (Lipinski definition) is 2. The zero-order chi connectivity index (χ0) is 12.4. The highest BCUT2D eigenvalue weighted by Gasteiger charge is 2.02. The smallest absolute Gasteiger partial charge is 0.142 e. The third-order valence-corrected chi connectivity index (χ3v) is 2.65. The standard InChI is InChI=1S/C13H11N5/c14-13-8-15-7-12(17-13)10-3-1-9(2-4-10)11-5-6-16-18-11/h1-8H,(H2,14,17)(H,16,18). The summed E-state index contributed by atoms with van der Waals surface area (Å²) in [4.78, 5) is 8.26. The van der Waals surface area contributed by atoms with Gasteiger partial charge in [-0.15, -0.1) is 0 Å². The molecular formula is C13H11N5. The Morgan fingerprint density at radius 2 is 1.72 bits per heavy atom. The number of nitrogens with one attached hydrogen (secondary N) is 1. The van der Waals surface area contributed by atoms with Gasteiger partial charge in [-0.1, -0.05) is 24.3 Å². The fourth-order valence-corrected chi connectivity index (χ4v) is 1.76. The molecule has 0 bridgehead atoms. The second-order valence-corrected chi connectivity index (χ2v) is 3.88. The fourth-order valence-electron chi connectivity index (χ4n) is 1.76. The van der Waals surface area contributed by atoms with Crippen LogP contribution in [0.15, 0.2) is 48.9 Å². The van der Waals surface area contributed by atoms with Crippen molar-refractivity contribution in [1.82, 2.24) is 20.2 Å². The van der Waals surface area contributed by atoms with Crippen molar-refractivity contribution in [2.45, 2.75) is 0 Å². The van der Waals surface area contributed by atoms with Crippen LogP contribution in [-0.2, 0) is 0 Å². The van der Waals surface area contributed by atoms with E-state index in [-0.39, 0.29) is 0 Å². The molecule has 88 valence electrons. The van der Waals surface area contributed by atoms with Gasteiger partial charge < -0.3 is 5.73 Å². The largest absolute Gasteiger partial charge is 0.382 e. The van der Waals surface area contributed by atoms with Gasteiger partial charge in [-0.25, -0.2) is 4.98 Å². The number of aromatic nitrogens is 4. The van der Waals surface area contributed by atoms with E-state index in [4.69, 9.17) is 5.73 Å². The number of nitrogens with zero attached hydrogens (tertiary/aromatic N) is 3. The SMILES string of the molecule is Nc1cncc(-c2ccc(-c3ccn[nH]3)cc2)n1. The highest BCUT2D eigenvalue weighted by Crippen LogP contribution is 2.22. The summed E-state index contributed by atoms with van der Waals surface area (Å²) in [6.07, 6.45) is 4.96. The van der Waals surface area contributed by atoms with Gasteiger partial charge in [-0.05, 0) is 11.6 Å². The zero-order valence-electron chi connectivity index (χ0n) is 9.54. The Bertz CT molecular complexity index is 643. The van der Waals surface area contributed by atoms with Crippen molar-refractivity contribution in [2.24, 2.45) is 0 Å². The number of H-pyrrole nitrogens is 1. The first-order valence-electron chi connectivity index (χ1n) is 5.50. The molecule has 0 radical (unpaired) electrons. The number of nitrogens with two attached hydrogens (primary N) is 1. The minimum absolute atomic E-state index is 0.421. The molecule has 0 aliphatic heterocycles. The number of rotatable bonds is 2.